The van der Waals surface area contributed by atoms with Gasteiger partial charge in [-0.2, -0.15) is 0 Å². The van der Waals surface area contributed by atoms with Crippen molar-refractivity contribution in [3.05, 3.63) is 29.8 Å². The fraction of sp³-hybridized carbons (Fsp3) is 0.538. The van der Waals surface area contributed by atoms with Crippen molar-refractivity contribution in [3.63, 3.8) is 0 Å². The zero-order chi connectivity index (χ0) is 14.5. The van der Waals surface area contributed by atoms with E-state index in [0.717, 1.165) is 6.42 Å². The Morgan fingerprint density at radius 1 is 1.26 bits per heavy atom. The van der Waals surface area contributed by atoms with Gasteiger partial charge in [-0.15, -0.1) is 13.2 Å². The van der Waals surface area contributed by atoms with E-state index in [1.807, 2.05) is 6.92 Å². The summed E-state index contributed by atoms with van der Waals surface area (Å²) in [5.74, 6) is -0.277. The average molecular weight is 277 g/mol. The Labute approximate surface area is 110 Å². The second kappa shape index (κ2) is 6.77. The van der Waals surface area contributed by atoms with Crippen LogP contribution in [0.15, 0.2) is 24.3 Å². The highest BCUT2D eigenvalue weighted by atomic mass is 19.4. The molecule has 0 heterocycles. The summed E-state index contributed by atoms with van der Waals surface area (Å²) in [6.07, 6.45) is -3.58. The number of alkyl halides is 3. The maximum Gasteiger partial charge on any atom is 0.573 e. The molecule has 0 aliphatic heterocycles. The van der Waals surface area contributed by atoms with E-state index in [2.05, 4.69) is 4.74 Å². The quantitative estimate of drug-likeness (QED) is 0.866. The molecule has 1 aromatic carbocycles. The van der Waals surface area contributed by atoms with Crippen molar-refractivity contribution in [2.45, 2.75) is 38.3 Å². The third-order valence-corrected chi connectivity index (χ3v) is 2.78. The number of halogens is 3. The van der Waals surface area contributed by atoms with Crippen LogP contribution in [-0.2, 0) is 4.74 Å². The molecule has 0 aliphatic rings. The van der Waals surface area contributed by atoms with Crippen molar-refractivity contribution in [1.29, 1.82) is 0 Å². The van der Waals surface area contributed by atoms with Crippen molar-refractivity contribution in [1.82, 2.24) is 0 Å². The van der Waals surface area contributed by atoms with E-state index in [1.165, 1.54) is 25.3 Å². The van der Waals surface area contributed by atoms with Crippen molar-refractivity contribution >= 4 is 0 Å². The first-order valence-corrected chi connectivity index (χ1v) is 6.02. The van der Waals surface area contributed by atoms with E-state index in [0.29, 0.717) is 12.0 Å². The SMILES string of the molecule is CCCC(OC)C(N)c1ccccc1OC(F)(F)F. The van der Waals surface area contributed by atoms with E-state index in [1.54, 1.807) is 6.07 Å². The Hall–Kier alpha value is -1.27. The van der Waals surface area contributed by atoms with Crippen LogP contribution in [0.4, 0.5) is 13.2 Å². The number of para-hydroxylation sites is 1. The van der Waals surface area contributed by atoms with Crippen LogP contribution in [0, 0.1) is 0 Å². The molecule has 0 bridgehead atoms. The smallest absolute Gasteiger partial charge is 0.405 e. The molecule has 0 radical (unpaired) electrons. The lowest BCUT2D eigenvalue weighted by atomic mass is 9.98. The lowest BCUT2D eigenvalue weighted by Gasteiger charge is -2.24. The van der Waals surface area contributed by atoms with Crippen LogP contribution in [0.25, 0.3) is 0 Å². The first kappa shape index (κ1) is 15.8. The third-order valence-electron chi connectivity index (χ3n) is 2.78. The van der Waals surface area contributed by atoms with Crippen LogP contribution >= 0.6 is 0 Å². The maximum absolute atomic E-state index is 12.3. The van der Waals surface area contributed by atoms with E-state index >= 15 is 0 Å². The minimum atomic E-state index is -4.73. The molecule has 2 atom stereocenters. The van der Waals surface area contributed by atoms with E-state index < -0.39 is 12.4 Å². The number of methoxy groups -OCH3 is 1. The molecule has 2 N–H and O–H groups in total. The Kier molecular flexibility index (Phi) is 5.62. The zero-order valence-electron chi connectivity index (χ0n) is 10.9. The third kappa shape index (κ3) is 4.72. The highest BCUT2D eigenvalue weighted by Crippen LogP contribution is 2.32. The van der Waals surface area contributed by atoms with Crippen molar-refractivity contribution < 1.29 is 22.6 Å². The van der Waals surface area contributed by atoms with Gasteiger partial charge in [0.25, 0.3) is 0 Å². The number of hydrogen-bond acceptors (Lipinski definition) is 3. The molecule has 0 fully saturated rings. The van der Waals surface area contributed by atoms with Gasteiger partial charge < -0.3 is 15.2 Å². The predicted molar refractivity (Wildman–Crippen MR) is 65.8 cm³/mol. The molecule has 0 aromatic heterocycles. The molecule has 3 nitrogen and oxygen atoms in total. The van der Waals surface area contributed by atoms with Gasteiger partial charge in [-0.1, -0.05) is 31.5 Å². The average Bonchev–Trinajstić information content (AvgIpc) is 2.34. The second-order valence-corrected chi connectivity index (χ2v) is 4.17. The van der Waals surface area contributed by atoms with Gasteiger partial charge >= 0.3 is 6.36 Å². The van der Waals surface area contributed by atoms with Gasteiger partial charge in [0.15, 0.2) is 0 Å². The molecular weight excluding hydrogens is 259 g/mol. The molecule has 1 aromatic rings. The predicted octanol–water partition coefficient (Wildman–Crippen LogP) is 3.40. The van der Waals surface area contributed by atoms with Gasteiger partial charge in [-0.25, -0.2) is 0 Å². The number of ether oxygens (including phenoxy) is 2. The Morgan fingerprint density at radius 3 is 2.42 bits per heavy atom. The minimum Gasteiger partial charge on any atom is -0.405 e. The van der Waals surface area contributed by atoms with Gasteiger partial charge in [-0.05, 0) is 12.5 Å². The second-order valence-electron chi connectivity index (χ2n) is 4.17. The minimum absolute atomic E-state index is 0.277. The molecule has 19 heavy (non-hydrogen) atoms. The normalized spacial score (nSPS) is 15.1. The van der Waals surface area contributed by atoms with E-state index in [-0.39, 0.29) is 11.9 Å². The highest BCUT2D eigenvalue weighted by molar-refractivity contribution is 5.36. The fourth-order valence-electron chi connectivity index (χ4n) is 1.90. The molecule has 6 heteroatoms. The summed E-state index contributed by atoms with van der Waals surface area (Å²) in [5, 5.41) is 0. The van der Waals surface area contributed by atoms with E-state index in [9.17, 15) is 13.2 Å². The van der Waals surface area contributed by atoms with Crippen LogP contribution in [0.1, 0.15) is 31.4 Å². The molecule has 0 saturated heterocycles. The first-order valence-electron chi connectivity index (χ1n) is 6.02. The summed E-state index contributed by atoms with van der Waals surface area (Å²) < 4.78 is 46.2. The summed E-state index contributed by atoms with van der Waals surface area (Å²) >= 11 is 0. The molecule has 0 amide bonds. The highest BCUT2D eigenvalue weighted by Gasteiger charge is 2.33. The van der Waals surface area contributed by atoms with Crippen LogP contribution in [0.3, 0.4) is 0 Å². The van der Waals surface area contributed by atoms with Crippen LogP contribution in [0.2, 0.25) is 0 Å². The lowest BCUT2D eigenvalue weighted by molar-refractivity contribution is -0.275. The summed E-state index contributed by atoms with van der Waals surface area (Å²) in [6, 6.07) is 5.20. The van der Waals surface area contributed by atoms with Crippen molar-refractivity contribution in [3.8, 4) is 5.75 Å². The lowest BCUT2D eigenvalue weighted by Crippen LogP contribution is -2.29. The standard InChI is InChI=1S/C13H18F3NO2/c1-3-6-11(18-2)12(17)9-7-4-5-8-10(9)19-13(14,15)16/h4-5,7-8,11-12H,3,6,17H2,1-2H3. The van der Waals surface area contributed by atoms with Crippen LogP contribution in [0.5, 0.6) is 5.75 Å². The molecule has 0 spiro atoms. The summed E-state index contributed by atoms with van der Waals surface area (Å²) in [7, 11) is 1.49. The summed E-state index contributed by atoms with van der Waals surface area (Å²) in [6.45, 7) is 1.96. The number of benzene rings is 1. The van der Waals surface area contributed by atoms with Gasteiger partial charge in [0.05, 0.1) is 12.1 Å². The largest absolute Gasteiger partial charge is 0.573 e. The topological polar surface area (TPSA) is 44.5 Å². The number of rotatable bonds is 6. The van der Waals surface area contributed by atoms with E-state index in [4.69, 9.17) is 10.5 Å². The molecular formula is C13H18F3NO2. The van der Waals surface area contributed by atoms with Crippen molar-refractivity contribution in [2.24, 2.45) is 5.73 Å². The van der Waals surface area contributed by atoms with Gasteiger partial charge in [0, 0.05) is 12.7 Å². The molecule has 2 unspecified atom stereocenters. The Balaban J connectivity index is 2.98. The zero-order valence-corrected chi connectivity index (χ0v) is 10.9. The Morgan fingerprint density at radius 2 is 1.89 bits per heavy atom. The number of hydrogen-bond donors (Lipinski definition) is 1. The van der Waals surface area contributed by atoms with Gasteiger partial charge in [0.1, 0.15) is 5.75 Å². The number of nitrogens with two attached hydrogens (primary N) is 1. The van der Waals surface area contributed by atoms with Crippen LogP contribution < -0.4 is 10.5 Å². The summed E-state index contributed by atoms with van der Waals surface area (Å²) in [5.41, 5.74) is 6.27. The monoisotopic (exact) mass is 277 g/mol. The first-order chi connectivity index (χ1) is 8.89. The molecule has 0 saturated carbocycles. The molecule has 1 rings (SSSR count). The van der Waals surface area contributed by atoms with Gasteiger partial charge in [0.2, 0.25) is 0 Å². The fourth-order valence-corrected chi connectivity index (χ4v) is 1.90. The van der Waals surface area contributed by atoms with Crippen molar-refractivity contribution in [2.75, 3.05) is 7.11 Å². The summed E-state index contributed by atoms with van der Waals surface area (Å²) in [4.78, 5) is 0. The van der Waals surface area contributed by atoms with Crippen LogP contribution in [-0.4, -0.2) is 19.6 Å². The Bertz CT molecular complexity index is 396. The molecule has 108 valence electrons. The molecule has 0 aliphatic carbocycles. The van der Waals surface area contributed by atoms with Gasteiger partial charge in [-0.3, -0.25) is 0 Å². The maximum atomic E-state index is 12.3.